The highest BCUT2D eigenvalue weighted by Gasteiger charge is 2.37. The third kappa shape index (κ3) is 4.84. The second-order valence-electron chi connectivity index (χ2n) is 4.70. The fourth-order valence-corrected chi connectivity index (χ4v) is 1.98. The molecule has 0 aromatic heterocycles. The van der Waals surface area contributed by atoms with Gasteiger partial charge in [0.1, 0.15) is 6.04 Å². The summed E-state index contributed by atoms with van der Waals surface area (Å²) < 4.78 is 38.0. The molecule has 1 unspecified atom stereocenters. The minimum atomic E-state index is -4.40. The fraction of sp³-hybridized carbons (Fsp3) is 0.571. The molecule has 0 bridgehead atoms. The smallest absolute Gasteiger partial charge is 0.330 e. The maximum Gasteiger partial charge on any atom is 0.407 e. The lowest BCUT2D eigenvalue weighted by Gasteiger charge is -2.18. The molecule has 0 saturated heterocycles. The van der Waals surface area contributed by atoms with Crippen LogP contribution < -0.4 is 11.5 Å². The summed E-state index contributed by atoms with van der Waals surface area (Å²) in [7, 11) is 0. The van der Waals surface area contributed by atoms with E-state index in [9.17, 15) is 13.2 Å². The van der Waals surface area contributed by atoms with Crippen LogP contribution in [0.2, 0.25) is 0 Å². The highest BCUT2D eigenvalue weighted by Crippen LogP contribution is 2.31. The van der Waals surface area contributed by atoms with Crippen LogP contribution in [0.5, 0.6) is 0 Å². The Kier molecular flexibility index (Phi) is 5.82. The van der Waals surface area contributed by atoms with Crippen molar-refractivity contribution in [3.63, 3.8) is 0 Å². The Morgan fingerprint density at radius 2 is 1.74 bits per heavy atom. The van der Waals surface area contributed by atoms with Gasteiger partial charge in [0.25, 0.3) is 0 Å². The van der Waals surface area contributed by atoms with Crippen LogP contribution in [0, 0.1) is 0 Å². The predicted molar refractivity (Wildman–Crippen MR) is 70.8 cm³/mol. The Bertz CT molecular complexity index is 402. The number of hydrogen-bond acceptors (Lipinski definition) is 2. The van der Waals surface area contributed by atoms with E-state index in [1.807, 2.05) is 13.0 Å². The van der Waals surface area contributed by atoms with Gasteiger partial charge in [0.15, 0.2) is 0 Å². The van der Waals surface area contributed by atoms with Crippen LogP contribution in [0.4, 0.5) is 13.2 Å². The van der Waals surface area contributed by atoms with E-state index in [2.05, 4.69) is 0 Å². The van der Waals surface area contributed by atoms with Gasteiger partial charge in [0, 0.05) is 0 Å². The van der Waals surface area contributed by atoms with Gasteiger partial charge in [-0.15, -0.1) is 0 Å². The lowest BCUT2D eigenvalue weighted by molar-refractivity contribution is -0.149. The monoisotopic (exact) mass is 274 g/mol. The average molecular weight is 274 g/mol. The maximum absolute atomic E-state index is 12.7. The lowest BCUT2D eigenvalue weighted by Crippen LogP contribution is -2.28. The molecule has 4 N–H and O–H groups in total. The first-order valence-corrected chi connectivity index (χ1v) is 6.53. The molecule has 19 heavy (non-hydrogen) atoms. The van der Waals surface area contributed by atoms with E-state index in [1.54, 1.807) is 12.1 Å². The number of hydrogen-bond donors (Lipinski definition) is 2. The molecule has 1 aromatic rings. The maximum atomic E-state index is 12.7. The van der Waals surface area contributed by atoms with E-state index in [1.165, 1.54) is 0 Å². The molecule has 2 nitrogen and oxygen atoms in total. The van der Waals surface area contributed by atoms with Gasteiger partial charge in [-0.2, -0.15) is 13.2 Å². The second-order valence-corrected chi connectivity index (χ2v) is 4.70. The molecule has 1 aromatic carbocycles. The highest BCUT2D eigenvalue weighted by atomic mass is 19.4. The van der Waals surface area contributed by atoms with Crippen molar-refractivity contribution in [2.45, 2.75) is 44.8 Å². The summed E-state index contributed by atoms with van der Waals surface area (Å²) in [6.45, 7) is 2.52. The summed E-state index contributed by atoms with van der Waals surface area (Å²) in [5, 5.41) is 0. The molecule has 0 amide bonds. The summed E-state index contributed by atoms with van der Waals surface area (Å²) in [6, 6.07) is 3.15. The van der Waals surface area contributed by atoms with Crippen LogP contribution in [0.1, 0.15) is 42.5 Å². The average Bonchev–Trinajstić information content (AvgIpc) is 2.36. The first kappa shape index (κ1) is 16.0. The Hall–Kier alpha value is -1.07. The van der Waals surface area contributed by atoms with Crippen molar-refractivity contribution in [1.29, 1.82) is 0 Å². The molecular weight excluding hydrogens is 253 g/mol. The number of benzene rings is 1. The van der Waals surface area contributed by atoms with Crippen LogP contribution >= 0.6 is 0 Å². The molecule has 1 rings (SSSR count). The molecule has 0 radical (unpaired) electrons. The topological polar surface area (TPSA) is 52.0 Å². The summed E-state index contributed by atoms with van der Waals surface area (Å²) in [4.78, 5) is 0. The first-order chi connectivity index (χ1) is 8.88. The van der Waals surface area contributed by atoms with Gasteiger partial charge in [0.05, 0.1) is 0 Å². The lowest BCUT2D eigenvalue weighted by atomic mass is 9.96. The van der Waals surface area contributed by atoms with Crippen molar-refractivity contribution in [1.82, 2.24) is 0 Å². The second kappa shape index (κ2) is 6.91. The number of nitrogens with two attached hydrogens (primary N) is 2. The summed E-state index contributed by atoms with van der Waals surface area (Å²) in [5.41, 5.74) is 12.6. The third-order valence-electron chi connectivity index (χ3n) is 3.11. The number of rotatable bonds is 6. The zero-order chi connectivity index (χ0) is 14.5. The van der Waals surface area contributed by atoms with Crippen molar-refractivity contribution in [2.75, 3.05) is 6.54 Å². The van der Waals surface area contributed by atoms with Crippen LogP contribution in [0.15, 0.2) is 18.2 Å². The van der Waals surface area contributed by atoms with E-state index < -0.39 is 12.2 Å². The van der Waals surface area contributed by atoms with Crippen molar-refractivity contribution < 1.29 is 13.2 Å². The van der Waals surface area contributed by atoms with Crippen molar-refractivity contribution in [2.24, 2.45) is 11.5 Å². The molecule has 108 valence electrons. The van der Waals surface area contributed by atoms with E-state index in [4.69, 9.17) is 11.5 Å². The molecular formula is C14H21F3N2. The zero-order valence-electron chi connectivity index (χ0n) is 11.1. The standard InChI is InChI=1S/C14H21F3N2/c1-2-10-7-11(5-3-4-6-18)9-12(8-10)13(19)14(15,16)17/h7-9,13H,2-6,18-19H2,1H3. The van der Waals surface area contributed by atoms with Gasteiger partial charge < -0.3 is 11.5 Å². The van der Waals surface area contributed by atoms with E-state index >= 15 is 0 Å². The third-order valence-corrected chi connectivity index (χ3v) is 3.11. The minimum Gasteiger partial charge on any atom is -0.330 e. The van der Waals surface area contributed by atoms with Gasteiger partial charge in [0.2, 0.25) is 0 Å². The number of halogens is 3. The Morgan fingerprint density at radius 1 is 1.11 bits per heavy atom. The van der Waals surface area contributed by atoms with Gasteiger partial charge in [-0.25, -0.2) is 0 Å². The van der Waals surface area contributed by atoms with Crippen LogP contribution in [-0.2, 0) is 12.8 Å². The van der Waals surface area contributed by atoms with E-state index in [-0.39, 0.29) is 5.56 Å². The molecule has 5 heteroatoms. The van der Waals surface area contributed by atoms with E-state index in [0.717, 1.165) is 30.4 Å². The van der Waals surface area contributed by atoms with Crippen LogP contribution in [-0.4, -0.2) is 12.7 Å². The Morgan fingerprint density at radius 3 is 2.26 bits per heavy atom. The normalized spacial score (nSPS) is 13.6. The van der Waals surface area contributed by atoms with Gasteiger partial charge in [-0.3, -0.25) is 0 Å². The Labute approximate surface area is 112 Å². The number of aryl methyl sites for hydroxylation is 2. The van der Waals surface area contributed by atoms with Crippen molar-refractivity contribution in [3.05, 3.63) is 34.9 Å². The molecule has 0 aliphatic heterocycles. The fourth-order valence-electron chi connectivity index (χ4n) is 1.98. The summed E-state index contributed by atoms with van der Waals surface area (Å²) in [6.07, 6.45) is -1.22. The molecule has 0 heterocycles. The zero-order valence-corrected chi connectivity index (χ0v) is 11.1. The summed E-state index contributed by atoms with van der Waals surface area (Å²) in [5.74, 6) is 0. The molecule has 0 aliphatic carbocycles. The van der Waals surface area contributed by atoms with Crippen LogP contribution in [0.3, 0.4) is 0 Å². The molecule has 0 spiro atoms. The molecule has 0 aliphatic rings. The number of unbranched alkanes of at least 4 members (excludes halogenated alkanes) is 1. The molecule has 0 fully saturated rings. The number of alkyl halides is 3. The SMILES string of the molecule is CCc1cc(CCCCN)cc(C(N)C(F)(F)F)c1. The Balaban J connectivity index is 2.95. The minimum absolute atomic E-state index is 0.148. The van der Waals surface area contributed by atoms with Gasteiger partial charge in [-0.1, -0.05) is 25.1 Å². The predicted octanol–water partition coefficient (Wildman–Crippen LogP) is 3.09. The van der Waals surface area contributed by atoms with Gasteiger partial charge in [-0.05, 0) is 48.9 Å². The van der Waals surface area contributed by atoms with E-state index in [0.29, 0.717) is 13.0 Å². The van der Waals surface area contributed by atoms with Crippen molar-refractivity contribution in [3.8, 4) is 0 Å². The largest absolute Gasteiger partial charge is 0.407 e. The molecule has 1 atom stereocenters. The first-order valence-electron chi connectivity index (χ1n) is 6.53. The summed E-state index contributed by atoms with van der Waals surface area (Å²) >= 11 is 0. The quantitative estimate of drug-likeness (QED) is 0.783. The van der Waals surface area contributed by atoms with Crippen LogP contribution in [0.25, 0.3) is 0 Å². The van der Waals surface area contributed by atoms with Crippen molar-refractivity contribution >= 4 is 0 Å². The van der Waals surface area contributed by atoms with Gasteiger partial charge >= 0.3 is 6.18 Å². The highest BCUT2D eigenvalue weighted by molar-refractivity contribution is 5.33. The molecule has 0 saturated carbocycles.